The number of nitrogens with zero attached hydrogens (tertiary/aromatic N) is 3. The van der Waals surface area contributed by atoms with Gasteiger partial charge in [-0.2, -0.15) is 0 Å². The van der Waals surface area contributed by atoms with Gasteiger partial charge in [0.05, 0.1) is 16.9 Å². The van der Waals surface area contributed by atoms with Crippen LogP contribution in [0.5, 0.6) is 0 Å². The maximum atomic E-state index is 13.5. The van der Waals surface area contributed by atoms with Gasteiger partial charge in [-0.25, -0.2) is 9.97 Å². The standard InChI is InChI=1S/C30H29ClN6O2/c1-2-27(38)34-20-10-11-22-18(14-20)12-13-37(29(22)39)21-7-5-6-19(15-21)35-30-33-17-25(31)28(36-30)24-16-32-26-9-4-3-8-23(24)26/h2-4,8-11,14,16-17,19,21,32H,1,5-7,12-13,15H2,(H,34,38)(H,33,35,36)/t19-,21+/m1/s1. The highest BCUT2D eigenvalue weighted by Crippen LogP contribution is 2.34. The van der Waals surface area contributed by atoms with Crippen LogP contribution in [0.3, 0.4) is 0 Å². The van der Waals surface area contributed by atoms with Crippen molar-refractivity contribution in [3.05, 3.63) is 83.7 Å². The molecule has 0 saturated heterocycles. The van der Waals surface area contributed by atoms with E-state index < -0.39 is 0 Å². The Kier molecular flexibility index (Phi) is 6.79. The number of aromatic amines is 1. The van der Waals surface area contributed by atoms with Crippen molar-refractivity contribution in [3.63, 3.8) is 0 Å². The first-order valence-electron chi connectivity index (χ1n) is 13.2. The van der Waals surface area contributed by atoms with Gasteiger partial charge in [-0.1, -0.05) is 36.4 Å². The van der Waals surface area contributed by atoms with Crippen molar-refractivity contribution < 1.29 is 9.59 Å². The number of fused-ring (bicyclic) bond motifs is 2. The average molecular weight is 541 g/mol. The second kappa shape index (κ2) is 10.5. The Hall–Kier alpha value is -4.17. The van der Waals surface area contributed by atoms with Gasteiger partial charge in [0.15, 0.2) is 0 Å². The number of anilines is 2. The van der Waals surface area contributed by atoms with Gasteiger partial charge in [0.1, 0.15) is 0 Å². The Morgan fingerprint density at radius 1 is 1.18 bits per heavy atom. The molecule has 9 heteroatoms. The summed E-state index contributed by atoms with van der Waals surface area (Å²) in [5, 5.41) is 7.84. The van der Waals surface area contributed by atoms with E-state index in [1.807, 2.05) is 47.5 Å². The lowest BCUT2D eigenvalue weighted by Crippen LogP contribution is -2.48. The van der Waals surface area contributed by atoms with Crippen molar-refractivity contribution in [1.82, 2.24) is 19.9 Å². The fraction of sp³-hybridized carbons (Fsp3) is 0.267. The molecule has 3 N–H and O–H groups in total. The number of hydrogen-bond acceptors (Lipinski definition) is 5. The fourth-order valence-corrected chi connectivity index (χ4v) is 5.97. The van der Waals surface area contributed by atoms with E-state index in [1.54, 1.807) is 12.3 Å². The molecule has 1 fully saturated rings. The maximum absolute atomic E-state index is 13.5. The molecule has 39 heavy (non-hydrogen) atoms. The summed E-state index contributed by atoms with van der Waals surface area (Å²) in [6.45, 7) is 4.14. The van der Waals surface area contributed by atoms with Gasteiger partial charge < -0.3 is 20.5 Å². The van der Waals surface area contributed by atoms with Crippen LogP contribution in [-0.4, -0.2) is 50.3 Å². The number of para-hydroxylation sites is 1. The van der Waals surface area contributed by atoms with E-state index >= 15 is 0 Å². The maximum Gasteiger partial charge on any atom is 0.254 e. The molecule has 0 bridgehead atoms. The number of nitrogens with one attached hydrogen (secondary N) is 3. The molecule has 3 heterocycles. The first-order valence-corrected chi connectivity index (χ1v) is 13.6. The van der Waals surface area contributed by atoms with Crippen molar-refractivity contribution in [2.24, 2.45) is 0 Å². The van der Waals surface area contributed by atoms with Gasteiger partial charge in [-0.15, -0.1) is 0 Å². The molecule has 2 aromatic heterocycles. The smallest absolute Gasteiger partial charge is 0.254 e. The molecular formula is C30H29ClN6O2. The second-order valence-corrected chi connectivity index (χ2v) is 10.5. The van der Waals surface area contributed by atoms with E-state index in [-0.39, 0.29) is 23.9 Å². The summed E-state index contributed by atoms with van der Waals surface area (Å²) in [6.07, 6.45) is 9.34. The first-order chi connectivity index (χ1) is 19.0. The number of hydrogen-bond donors (Lipinski definition) is 3. The summed E-state index contributed by atoms with van der Waals surface area (Å²) in [5.74, 6) is 0.320. The fourth-order valence-electron chi connectivity index (χ4n) is 5.78. The normalized spacial score (nSPS) is 19.0. The Morgan fingerprint density at radius 3 is 2.92 bits per heavy atom. The van der Waals surface area contributed by atoms with Crippen LogP contribution in [0.25, 0.3) is 22.2 Å². The second-order valence-electron chi connectivity index (χ2n) is 10.1. The van der Waals surface area contributed by atoms with E-state index in [0.29, 0.717) is 34.5 Å². The lowest BCUT2D eigenvalue weighted by atomic mass is 9.87. The van der Waals surface area contributed by atoms with Gasteiger partial charge >= 0.3 is 0 Å². The molecule has 198 valence electrons. The van der Waals surface area contributed by atoms with Crippen LogP contribution in [0.15, 0.2) is 67.5 Å². The topological polar surface area (TPSA) is 103 Å². The molecule has 2 aromatic carbocycles. The van der Waals surface area contributed by atoms with Crippen LogP contribution >= 0.6 is 11.6 Å². The highest BCUT2D eigenvalue weighted by molar-refractivity contribution is 6.33. The number of aromatic nitrogens is 3. The minimum absolute atomic E-state index is 0.0489. The van der Waals surface area contributed by atoms with Crippen molar-refractivity contribution in [1.29, 1.82) is 0 Å². The van der Waals surface area contributed by atoms with E-state index in [4.69, 9.17) is 16.6 Å². The molecule has 8 nitrogen and oxygen atoms in total. The molecule has 1 aliphatic carbocycles. The number of halogens is 1. The zero-order chi connectivity index (χ0) is 26.9. The van der Waals surface area contributed by atoms with Crippen LogP contribution in [0, 0.1) is 0 Å². The molecule has 2 amide bonds. The summed E-state index contributed by atoms with van der Waals surface area (Å²) < 4.78 is 0. The van der Waals surface area contributed by atoms with Crippen molar-refractivity contribution in [2.75, 3.05) is 17.2 Å². The van der Waals surface area contributed by atoms with Crippen LogP contribution in [0.2, 0.25) is 5.02 Å². The summed E-state index contributed by atoms with van der Waals surface area (Å²) in [6, 6.07) is 13.8. The van der Waals surface area contributed by atoms with Gasteiger partial charge in [-0.3, -0.25) is 9.59 Å². The Morgan fingerprint density at radius 2 is 2.05 bits per heavy atom. The molecule has 4 aromatic rings. The van der Waals surface area contributed by atoms with Crippen LogP contribution in [0.1, 0.15) is 41.6 Å². The predicted octanol–water partition coefficient (Wildman–Crippen LogP) is 5.82. The third kappa shape index (κ3) is 5.00. The third-order valence-electron chi connectivity index (χ3n) is 7.68. The Balaban J connectivity index is 1.16. The zero-order valence-corrected chi connectivity index (χ0v) is 22.2. The number of rotatable bonds is 6. The molecule has 0 unspecified atom stereocenters. The Labute approximate surface area is 231 Å². The summed E-state index contributed by atoms with van der Waals surface area (Å²) in [5.41, 5.74) is 4.99. The molecular weight excluding hydrogens is 512 g/mol. The number of carbonyl (C=O) groups excluding carboxylic acids is 2. The first kappa shape index (κ1) is 25.1. The van der Waals surface area contributed by atoms with Gasteiger partial charge in [-0.05, 0) is 68.0 Å². The van der Waals surface area contributed by atoms with Crippen molar-refractivity contribution in [2.45, 2.75) is 44.2 Å². The van der Waals surface area contributed by atoms with Crippen LogP contribution < -0.4 is 10.6 Å². The monoisotopic (exact) mass is 540 g/mol. The summed E-state index contributed by atoms with van der Waals surface area (Å²) in [7, 11) is 0. The quantitative estimate of drug-likeness (QED) is 0.267. The molecule has 0 radical (unpaired) electrons. The summed E-state index contributed by atoms with van der Waals surface area (Å²) in [4.78, 5) is 39.6. The van der Waals surface area contributed by atoms with E-state index in [1.165, 1.54) is 6.08 Å². The molecule has 1 saturated carbocycles. The molecule has 0 spiro atoms. The minimum atomic E-state index is -0.266. The number of amides is 2. The summed E-state index contributed by atoms with van der Waals surface area (Å²) >= 11 is 6.52. The van der Waals surface area contributed by atoms with E-state index in [2.05, 4.69) is 27.2 Å². The highest BCUT2D eigenvalue weighted by atomic mass is 35.5. The molecule has 6 rings (SSSR count). The average Bonchev–Trinajstić information content (AvgIpc) is 3.38. The number of H-pyrrole nitrogens is 1. The number of benzene rings is 2. The largest absolute Gasteiger partial charge is 0.360 e. The molecule has 2 aliphatic rings. The lowest BCUT2D eigenvalue weighted by molar-refractivity contribution is -0.111. The lowest BCUT2D eigenvalue weighted by Gasteiger charge is -2.40. The highest BCUT2D eigenvalue weighted by Gasteiger charge is 2.33. The van der Waals surface area contributed by atoms with Crippen molar-refractivity contribution >= 4 is 46.0 Å². The zero-order valence-electron chi connectivity index (χ0n) is 21.4. The predicted molar refractivity (Wildman–Crippen MR) is 154 cm³/mol. The number of carbonyl (C=O) groups is 2. The van der Waals surface area contributed by atoms with E-state index in [9.17, 15) is 9.59 Å². The van der Waals surface area contributed by atoms with Crippen LogP contribution in [-0.2, 0) is 11.2 Å². The minimum Gasteiger partial charge on any atom is -0.360 e. The SMILES string of the molecule is C=CC(=O)Nc1ccc2c(c1)CCN([C@H]1CCC[C@@H](Nc3ncc(Cl)c(-c4c[nH]c5ccccc45)n3)C1)C2=O. The van der Waals surface area contributed by atoms with Gasteiger partial charge in [0, 0.05) is 52.5 Å². The van der Waals surface area contributed by atoms with Crippen LogP contribution in [0.4, 0.5) is 11.6 Å². The third-order valence-corrected chi connectivity index (χ3v) is 7.96. The van der Waals surface area contributed by atoms with Crippen molar-refractivity contribution in [3.8, 4) is 11.3 Å². The Bertz CT molecular complexity index is 1580. The molecule has 2 atom stereocenters. The van der Waals surface area contributed by atoms with Gasteiger partial charge in [0.2, 0.25) is 11.9 Å². The van der Waals surface area contributed by atoms with E-state index in [0.717, 1.165) is 54.1 Å². The molecule has 1 aliphatic heterocycles. The van der Waals surface area contributed by atoms with Gasteiger partial charge in [0.25, 0.3) is 5.91 Å².